The molecule has 2 aromatic carbocycles. The van der Waals surface area contributed by atoms with E-state index in [1.165, 1.54) is 13.2 Å². The van der Waals surface area contributed by atoms with Gasteiger partial charge in [0.15, 0.2) is 0 Å². The molecule has 1 aliphatic heterocycles. The summed E-state index contributed by atoms with van der Waals surface area (Å²) in [6.45, 7) is 0. The van der Waals surface area contributed by atoms with Crippen molar-refractivity contribution in [2.24, 2.45) is 0 Å². The first-order valence-electron chi connectivity index (χ1n) is 8.87. The monoisotopic (exact) mass is 422 g/mol. The van der Waals surface area contributed by atoms with E-state index in [1.807, 2.05) is 0 Å². The van der Waals surface area contributed by atoms with Crippen LogP contribution in [0.4, 0.5) is 5.69 Å². The van der Waals surface area contributed by atoms with Gasteiger partial charge in [-0.1, -0.05) is 29.8 Å². The van der Waals surface area contributed by atoms with Gasteiger partial charge in [0.05, 0.1) is 18.4 Å². The molecule has 0 radical (unpaired) electrons. The standard InChI is InChI=1S/C22H15ClN2O5/c1-29-22(28)14-5-2-4-13(10-14)19-9-8-17(30-19)12-18-20(26)24-25(21(18)27)16-7-3-6-15(23)11-16/h2-12H,1H3,(H,24,26)/b18-12-. The van der Waals surface area contributed by atoms with E-state index >= 15 is 0 Å². The number of halogens is 1. The van der Waals surface area contributed by atoms with Crippen LogP contribution in [-0.2, 0) is 14.3 Å². The lowest BCUT2D eigenvalue weighted by molar-refractivity contribution is -0.117. The van der Waals surface area contributed by atoms with E-state index in [0.29, 0.717) is 33.4 Å². The molecule has 7 nitrogen and oxygen atoms in total. The van der Waals surface area contributed by atoms with Gasteiger partial charge in [-0.3, -0.25) is 15.0 Å². The minimum atomic E-state index is -0.550. The maximum atomic E-state index is 12.7. The summed E-state index contributed by atoms with van der Waals surface area (Å²) in [6, 6.07) is 16.7. The molecule has 4 rings (SSSR count). The van der Waals surface area contributed by atoms with Crippen LogP contribution in [0.1, 0.15) is 16.1 Å². The summed E-state index contributed by atoms with van der Waals surface area (Å²) in [6.07, 6.45) is 1.37. The summed E-state index contributed by atoms with van der Waals surface area (Å²) in [4.78, 5) is 36.7. The number of anilines is 1. The number of nitrogens with zero attached hydrogens (tertiary/aromatic N) is 1. The number of methoxy groups -OCH3 is 1. The highest BCUT2D eigenvalue weighted by Gasteiger charge is 2.34. The van der Waals surface area contributed by atoms with Gasteiger partial charge < -0.3 is 9.15 Å². The Hall–Kier alpha value is -3.84. The van der Waals surface area contributed by atoms with Crippen LogP contribution >= 0.6 is 11.6 Å². The van der Waals surface area contributed by atoms with E-state index in [1.54, 1.807) is 60.7 Å². The van der Waals surface area contributed by atoms with Gasteiger partial charge in [0.25, 0.3) is 11.8 Å². The highest BCUT2D eigenvalue weighted by molar-refractivity contribution is 6.33. The molecule has 0 aliphatic carbocycles. The van der Waals surface area contributed by atoms with Gasteiger partial charge in [-0.15, -0.1) is 0 Å². The zero-order valence-corrected chi connectivity index (χ0v) is 16.5. The fourth-order valence-electron chi connectivity index (χ4n) is 3.00. The molecule has 2 amide bonds. The van der Waals surface area contributed by atoms with Crippen LogP contribution in [0, 0.1) is 0 Å². The number of hydrogen-bond acceptors (Lipinski definition) is 5. The number of rotatable bonds is 4. The van der Waals surface area contributed by atoms with Crippen molar-refractivity contribution in [3.05, 3.63) is 82.6 Å². The molecule has 3 aromatic rings. The van der Waals surface area contributed by atoms with Crippen molar-refractivity contribution in [2.45, 2.75) is 0 Å². The van der Waals surface area contributed by atoms with Crippen LogP contribution in [-0.4, -0.2) is 24.9 Å². The van der Waals surface area contributed by atoms with Crippen molar-refractivity contribution in [1.82, 2.24) is 5.43 Å². The third-order valence-electron chi connectivity index (χ3n) is 4.44. The average Bonchev–Trinajstić information content (AvgIpc) is 3.33. The molecule has 1 aliphatic rings. The van der Waals surface area contributed by atoms with E-state index < -0.39 is 17.8 Å². The first-order valence-corrected chi connectivity index (χ1v) is 9.25. The average molecular weight is 423 g/mol. The van der Waals surface area contributed by atoms with Crippen LogP contribution in [0.2, 0.25) is 5.02 Å². The summed E-state index contributed by atoms with van der Waals surface area (Å²) in [7, 11) is 1.31. The van der Waals surface area contributed by atoms with E-state index in [4.69, 9.17) is 20.8 Å². The fourth-order valence-corrected chi connectivity index (χ4v) is 3.18. The van der Waals surface area contributed by atoms with Gasteiger partial charge in [-0.2, -0.15) is 0 Å². The van der Waals surface area contributed by atoms with Gasteiger partial charge >= 0.3 is 5.97 Å². The maximum absolute atomic E-state index is 12.7. The van der Waals surface area contributed by atoms with Crippen molar-refractivity contribution >= 4 is 41.1 Å². The molecule has 0 atom stereocenters. The zero-order chi connectivity index (χ0) is 21.3. The van der Waals surface area contributed by atoms with E-state index in [9.17, 15) is 14.4 Å². The number of amides is 2. The zero-order valence-electron chi connectivity index (χ0n) is 15.7. The normalized spacial score (nSPS) is 14.9. The summed E-state index contributed by atoms with van der Waals surface area (Å²) in [5.41, 5.74) is 3.93. The Morgan fingerprint density at radius 2 is 1.90 bits per heavy atom. The quantitative estimate of drug-likeness (QED) is 0.392. The minimum absolute atomic E-state index is 0.0702. The molecule has 1 N–H and O–H groups in total. The number of benzene rings is 2. The predicted octanol–water partition coefficient (Wildman–Crippen LogP) is 3.85. The number of hydrogen-bond donors (Lipinski definition) is 1. The Morgan fingerprint density at radius 3 is 2.67 bits per heavy atom. The van der Waals surface area contributed by atoms with Crippen LogP contribution in [0.3, 0.4) is 0 Å². The molecule has 1 saturated heterocycles. The van der Waals surface area contributed by atoms with Gasteiger partial charge in [0, 0.05) is 10.6 Å². The summed E-state index contributed by atoms with van der Waals surface area (Å²) >= 11 is 5.97. The number of esters is 1. The lowest BCUT2D eigenvalue weighted by atomic mass is 10.1. The minimum Gasteiger partial charge on any atom is -0.465 e. The fraction of sp³-hybridized carbons (Fsp3) is 0.0455. The maximum Gasteiger partial charge on any atom is 0.337 e. The summed E-state index contributed by atoms with van der Waals surface area (Å²) in [5, 5.41) is 1.57. The molecule has 8 heteroatoms. The molecule has 0 saturated carbocycles. The van der Waals surface area contributed by atoms with Gasteiger partial charge in [-0.25, -0.2) is 9.80 Å². The Morgan fingerprint density at radius 1 is 1.10 bits per heavy atom. The largest absolute Gasteiger partial charge is 0.465 e. The third-order valence-corrected chi connectivity index (χ3v) is 4.67. The smallest absolute Gasteiger partial charge is 0.337 e. The second kappa shape index (κ2) is 7.88. The first-order chi connectivity index (χ1) is 14.5. The van der Waals surface area contributed by atoms with E-state index in [2.05, 4.69) is 5.43 Å². The number of nitrogens with one attached hydrogen (secondary N) is 1. The van der Waals surface area contributed by atoms with Crippen molar-refractivity contribution in [3.63, 3.8) is 0 Å². The molecular formula is C22H15ClN2O5. The molecule has 2 heterocycles. The summed E-state index contributed by atoms with van der Waals surface area (Å²) in [5.74, 6) is -0.733. The number of ether oxygens (including phenoxy) is 1. The molecule has 1 aromatic heterocycles. The number of carbonyl (C=O) groups is 3. The van der Waals surface area contributed by atoms with Gasteiger partial charge in [0.1, 0.15) is 17.1 Å². The molecule has 1 fully saturated rings. The van der Waals surface area contributed by atoms with Crippen molar-refractivity contribution in [2.75, 3.05) is 12.1 Å². The van der Waals surface area contributed by atoms with Gasteiger partial charge in [0.2, 0.25) is 0 Å². The Labute approximate surface area is 176 Å². The lowest BCUT2D eigenvalue weighted by Crippen LogP contribution is -2.35. The molecule has 0 spiro atoms. The molecule has 0 unspecified atom stereocenters. The Bertz CT molecular complexity index is 1200. The SMILES string of the molecule is COC(=O)c1cccc(-c2ccc(/C=C3/C(=O)NN(c4cccc(Cl)c4)C3=O)o2)c1. The van der Waals surface area contributed by atoms with E-state index in [0.717, 1.165) is 5.01 Å². The van der Waals surface area contributed by atoms with E-state index in [-0.39, 0.29) is 5.57 Å². The third kappa shape index (κ3) is 3.70. The Balaban J connectivity index is 1.61. The van der Waals surface area contributed by atoms with Crippen LogP contribution in [0.5, 0.6) is 0 Å². The number of carbonyl (C=O) groups excluding carboxylic acids is 3. The van der Waals surface area contributed by atoms with Crippen molar-refractivity contribution < 1.29 is 23.5 Å². The second-order valence-corrected chi connectivity index (χ2v) is 6.83. The molecule has 150 valence electrons. The first kappa shape index (κ1) is 19.5. The number of hydrazine groups is 1. The van der Waals surface area contributed by atoms with Crippen molar-refractivity contribution in [1.29, 1.82) is 0 Å². The molecule has 0 bridgehead atoms. The van der Waals surface area contributed by atoms with Gasteiger partial charge in [-0.05, 0) is 48.5 Å². The lowest BCUT2D eigenvalue weighted by Gasteiger charge is -2.14. The molecule has 30 heavy (non-hydrogen) atoms. The van der Waals surface area contributed by atoms with Crippen LogP contribution in [0.15, 0.2) is 70.7 Å². The second-order valence-electron chi connectivity index (χ2n) is 6.39. The molecular weight excluding hydrogens is 408 g/mol. The topological polar surface area (TPSA) is 88.9 Å². The summed E-state index contributed by atoms with van der Waals surface area (Å²) < 4.78 is 10.5. The highest BCUT2D eigenvalue weighted by Crippen LogP contribution is 2.27. The highest BCUT2D eigenvalue weighted by atomic mass is 35.5. The van der Waals surface area contributed by atoms with Crippen LogP contribution in [0.25, 0.3) is 17.4 Å². The predicted molar refractivity (Wildman–Crippen MR) is 111 cm³/mol. The van der Waals surface area contributed by atoms with Crippen molar-refractivity contribution in [3.8, 4) is 11.3 Å². The van der Waals surface area contributed by atoms with Crippen LogP contribution < -0.4 is 10.4 Å². The Kier molecular flexibility index (Phi) is 5.12. The number of furan rings is 1.